The number of para-hydroxylation sites is 4. The summed E-state index contributed by atoms with van der Waals surface area (Å²) >= 11 is 0. The zero-order chi connectivity index (χ0) is 46.0. The summed E-state index contributed by atoms with van der Waals surface area (Å²) < 4.78 is 67.6. The average Bonchev–Trinajstić information content (AvgIpc) is 3.32. The number of hydrogen-bond donors (Lipinski definition) is 7. The Morgan fingerprint density at radius 3 is 1.78 bits per heavy atom. The van der Waals surface area contributed by atoms with E-state index < -0.39 is 31.3 Å². The average molecular weight is 923 g/mol. The van der Waals surface area contributed by atoms with Crippen LogP contribution in [0.3, 0.4) is 0 Å². The number of nitrogens with zero attached hydrogens (tertiary/aromatic N) is 5. The lowest BCUT2D eigenvalue weighted by Crippen LogP contribution is -2.38. The van der Waals surface area contributed by atoms with Gasteiger partial charge in [-0.3, -0.25) is 14.4 Å². The number of methoxy groups -OCH3 is 2. The van der Waals surface area contributed by atoms with Crippen molar-refractivity contribution in [2.24, 2.45) is 0 Å². The molecule has 0 radical (unpaired) electrons. The lowest BCUT2D eigenvalue weighted by atomic mass is 10.1. The highest BCUT2D eigenvalue weighted by atomic mass is 32.2. The number of carbonyl (C=O) groups is 1. The van der Waals surface area contributed by atoms with Crippen molar-refractivity contribution in [3.63, 3.8) is 0 Å². The third-order valence-electron chi connectivity index (χ3n) is 10.2. The van der Waals surface area contributed by atoms with Gasteiger partial charge in [-0.25, -0.2) is 41.6 Å². The van der Waals surface area contributed by atoms with Crippen molar-refractivity contribution in [1.82, 2.24) is 30.2 Å². The summed E-state index contributed by atoms with van der Waals surface area (Å²) in [5.41, 5.74) is 3.94. The van der Waals surface area contributed by atoms with Crippen LogP contribution in [0.4, 0.5) is 34.6 Å². The van der Waals surface area contributed by atoms with Crippen molar-refractivity contribution in [3.8, 4) is 11.5 Å². The van der Waals surface area contributed by atoms with Gasteiger partial charge in [0.2, 0.25) is 10.0 Å². The molecule has 0 unspecified atom stereocenters. The van der Waals surface area contributed by atoms with Gasteiger partial charge >= 0.3 is 5.97 Å². The number of aromatic nitrogens is 5. The SMILES string of the molecule is COc1ccc(C(=O)O)c(Nc2nc3ccccc3nc2NS(=O)(=O)c2cccnc2)c1.COc1ccc(CCCO)c(Nc2nc3ccccc3nc2NS(=O)(=O)C2CCNCC2)c1. The van der Waals surface area contributed by atoms with Crippen LogP contribution in [0.25, 0.3) is 22.1 Å². The minimum Gasteiger partial charge on any atom is -0.497 e. The van der Waals surface area contributed by atoms with Crippen LogP contribution in [-0.2, 0) is 26.5 Å². The fourth-order valence-electron chi connectivity index (χ4n) is 6.81. The van der Waals surface area contributed by atoms with E-state index >= 15 is 0 Å². The Bertz CT molecular complexity index is 3030. The standard InChI is InChI=1S/C23H29N5O4S.C21H17N5O5S/c1-32-17-9-8-16(5-4-14-29)21(15-17)27-22-23(26-20-7-3-2-6-19(20)25-22)28-33(30,31)18-10-12-24-13-11-18;1-31-13-8-9-15(21(27)28)18(11-13)25-19-20(24-17-7-3-2-6-16(17)23-19)26-32(29,30)14-5-4-10-22-12-14/h2-3,6-9,15,18,24,29H,4-5,10-14H2,1H3,(H,25,27)(H,26,28);2-12H,1H3,(H,23,25)(H,24,26)(H,27,28). The van der Waals surface area contributed by atoms with E-state index in [9.17, 15) is 31.8 Å². The van der Waals surface area contributed by atoms with Gasteiger partial charge in [-0.15, -0.1) is 0 Å². The van der Waals surface area contributed by atoms with Crippen molar-refractivity contribution < 1.29 is 41.3 Å². The van der Waals surface area contributed by atoms with E-state index in [-0.39, 0.29) is 40.2 Å². The molecule has 0 saturated carbocycles. The summed E-state index contributed by atoms with van der Waals surface area (Å²) in [6.07, 6.45) is 4.98. The third kappa shape index (κ3) is 11.3. The number of aliphatic hydroxyl groups excluding tert-OH is 1. The number of ether oxygens (including phenoxy) is 2. The Kier molecular flexibility index (Phi) is 14.5. The maximum atomic E-state index is 13.1. The maximum Gasteiger partial charge on any atom is 0.337 e. The van der Waals surface area contributed by atoms with Crippen molar-refractivity contribution in [2.75, 3.05) is 54.0 Å². The van der Waals surface area contributed by atoms with Gasteiger partial charge < -0.3 is 35.6 Å². The number of carboxylic acids is 1. The molecule has 7 N–H and O–H groups in total. The Morgan fingerprint density at radius 1 is 0.708 bits per heavy atom. The molecule has 4 heterocycles. The van der Waals surface area contributed by atoms with Crippen molar-refractivity contribution in [3.05, 3.63) is 121 Å². The number of rotatable bonds is 16. The molecule has 0 atom stereocenters. The number of benzene rings is 4. The molecule has 0 aliphatic carbocycles. The van der Waals surface area contributed by atoms with Crippen LogP contribution in [0.1, 0.15) is 35.2 Å². The first-order valence-electron chi connectivity index (χ1n) is 20.3. The van der Waals surface area contributed by atoms with Crippen molar-refractivity contribution in [2.45, 2.75) is 35.8 Å². The Balaban J connectivity index is 0.000000194. The Hall–Kier alpha value is -7.20. The molecule has 65 heavy (non-hydrogen) atoms. The second-order valence-electron chi connectivity index (χ2n) is 14.5. The second kappa shape index (κ2) is 20.5. The fraction of sp³-hybridized carbons (Fsp3) is 0.227. The maximum absolute atomic E-state index is 13.1. The van der Waals surface area contributed by atoms with Gasteiger partial charge in [-0.05, 0) is 98.9 Å². The molecular formula is C44H46N10O9S2. The van der Waals surface area contributed by atoms with Crippen LogP contribution >= 0.6 is 0 Å². The first-order valence-corrected chi connectivity index (χ1v) is 23.3. The van der Waals surface area contributed by atoms with E-state index in [2.05, 4.69) is 50.3 Å². The van der Waals surface area contributed by atoms with Gasteiger partial charge in [-0.1, -0.05) is 30.3 Å². The predicted molar refractivity (Wildman–Crippen MR) is 247 cm³/mol. The molecule has 3 aromatic heterocycles. The highest BCUT2D eigenvalue weighted by Gasteiger charge is 2.29. The topological polar surface area (TPSA) is 269 Å². The predicted octanol–water partition coefficient (Wildman–Crippen LogP) is 6.08. The van der Waals surface area contributed by atoms with E-state index in [1.807, 2.05) is 36.4 Å². The number of nitrogens with one attached hydrogen (secondary N) is 5. The summed E-state index contributed by atoms with van der Waals surface area (Å²) in [5.74, 6) is 0.257. The van der Waals surface area contributed by atoms with Gasteiger partial charge in [0.25, 0.3) is 10.0 Å². The molecule has 21 heteroatoms. The number of hydrogen-bond acceptors (Lipinski definition) is 16. The molecule has 4 aromatic carbocycles. The van der Waals surface area contributed by atoms with Crippen LogP contribution < -0.4 is 34.9 Å². The number of anilines is 6. The lowest BCUT2D eigenvalue weighted by Gasteiger charge is -2.24. The first kappa shape index (κ1) is 45.8. The first-order chi connectivity index (χ1) is 31.4. The molecule has 0 bridgehead atoms. The third-order valence-corrected chi connectivity index (χ3v) is 13.3. The molecule has 1 aliphatic rings. The van der Waals surface area contributed by atoms with E-state index in [1.54, 1.807) is 37.4 Å². The summed E-state index contributed by atoms with van der Waals surface area (Å²) in [5, 5.41) is 27.7. The van der Waals surface area contributed by atoms with Gasteiger partial charge in [0.05, 0.1) is 52.8 Å². The second-order valence-corrected chi connectivity index (χ2v) is 18.2. The van der Waals surface area contributed by atoms with E-state index in [0.717, 1.165) is 11.3 Å². The summed E-state index contributed by atoms with van der Waals surface area (Å²) in [6.45, 7) is 1.40. The van der Waals surface area contributed by atoms with Crippen LogP contribution in [-0.4, -0.2) is 97.1 Å². The number of aromatic carboxylic acids is 1. The van der Waals surface area contributed by atoms with Crippen LogP contribution in [0.5, 0.6) is 11.5 Å². The van der Waals surface area contributed by atoms with Crippen LogP contribution in [0, 0.1) is 0 Å². The molecule has 19 nitrogen and oxygen atoms in total. The summed E-state index contributed by atoms with van der Waals surface area (Å²) in [6, 6.07) is 27.1. The van der Waals surface area contributed by atoms with Gasteiger partial charge in [0, 0.05) is 36.8 Å². The van der Waals surface area contributed by atoms with E-state index in [0.29, 0.717) is 78.2 Å². The number of fused-ring (bicyclic) bond motifs is 2. The zero-order valence-corrected chi connectivity index (χ0v) is 36.9. The molecule has 1 aliphatic heterocycles. The van der Waals surface area contributed by atoms with Gasteiger partial charge in [0.1, 0.15) is 16.4 Å². The number of aliphatic hydroxyl groups is 1. The number of carboxylic acid groups (broad SMARTS) is 1. The van der Waals surface area contributed by atoms with Crippen LogP contribution in [0.2, 0.25) is 0 Å². The van der Waals surface area contributed by atoms with E-state index in [1.165, 1.54) is 49.8 Å². The molecule has 338 valence electrons. The number of pyridine rings is 1. The molecule has 0 amide bonds. The number of piperidine rings is 1. The minimum absolute atomic E-state index is 0.0203. The Morgan fingerprint density at radius 2 is 1.25 bits per heavy atom. The van der Waals surface area contributed by atoms with Crippen molar-refractivity contribution >= 4 is 82.7 Å². The molecular weight excluding hydrogens is 877 g/mol. The monoisotopic (exact) mass is 922 g/mol. The lowest BCUT2D eigenvalue weighted by molar-refractivity contribution is 0.0698. The van der Waals surface area contributed by atoms with Gasteiger partial charge in [0.15, 0.2) is 23.3 Å². The highest BCUT2D eigenvalue weighted by molar-refractivity contribution is 7.93. The smallest absolute Gasteiger partial charge is 0.337 e. The van der Waals surface area contributed by atoms with Gasteiger partial charge in [-0.2, -0.15) is 0 Å². The molecule has 0 spiro atoms. The van der Waals surface area contributed by atoms with E-state index in [4.69, 9.17) is 9.47 Å². The fourth-order valence-corrected chi connectivity index (χ4v) is 9.22. The molecule has 1 fully saturated rings. The minimum atomic E-state index is -4.03. The molecule has 8 rings (SSSR count). The normalized spacial score (nSPS) is 13.0. The number of sulfonamides is 2. The number of aryl methyl sites for hydroxylation is 1. The molecule has 1 saturated heterocycles. The molecule has 7 aromatic rings. The van der Waals surface area contributed by atoms with Crippen molar-refractivity contribution in [1.29, 1.82) is 0 Å². The summed E-state index contributed by atoms with van der Waals surface area (Å²) in [7, 11) is -4.65. The Labute approximate surface area is 374 Å². The quantitative estimate of drug-likeness (QED) is 0.0579. The summed E-state index contributed by atoms with van der Waals surface area (Å²) in [4.78, 5) is 33.6. The largest absolute Gasteiger partial charge is 0.497 e. The highest BCUT2D eigenvalue weighted by Crippen LogP contribution is 2.33. The van der Waals surface area contributed by atoms with Crippen LogP contribution in [0.15, 0.2) is 114 Å². The zero-order valence-electron chi connectivity index (χ0n) is 35.2.